The minimum Gasteiger partial charge on any atom is -0.129 e. The summed E-state index contributed by atoms with van der Waals surface area (Å²) in [6.07, 6.45) is 8.61. The Morgan fingerprint density at radius 2 is 0.639 bits per heavy atom. The summed E-state index contributed by atoms with van der Waals surface area (Å²) in [6.45, 7) is 0. The lowest BCUT2D eigenvalue weighted by Gasteiger charge is -2.06. The fourth-order valence-corrected chi connectivity index (χ4v) is 10.5. The maximum absolute atomic E-state index is 2.31. The van der Waals surface area contributed by atoms with Crippen molar-refractivity contribution < 1.29 is 0 Å². The van der Waals surface area contributed by atoms with Crippen molar-refractivity contribution in [2.45, 2.75) is 16.8 Å². The Hall–Kier alpha value is -0.840. The quantitative estimate of drug-likeness (QED) is 0.159. The maximum Gasteiger partial charge on any atom is 0.0602 e. The zero-order valence-electron chi connectivity index (χ0n) is 20.2. The molecule has 184 valence electrons. The topological polar surface area (TPSA) is 0 Å². The molecule has 0 amide bonds. The zero-order chi connectivity index (χ0) is 25.1. The smallest absolute Gasteiger partial charge is 0.0602 e. The summed E-state index contributed by atoms with van der Waals surface area (Å²) in [5.74, 6) is 0. The normalized spacial score (nSPS) is 11.2. The van der Waals surface area contributed by atoms with Crippen molar-refractivity contribution >= 4 is 104 Å². The summed E-state index contributed by atoms with van der Waals surface area (Å²) < 4.78 is 5.39. The second-order valence-electron chi connectivity index (χ2n) is 7.62. The van der Waals surface area contributed by atoms with Gasteiger partial charge in [0.2, 0.25) is 0 Å². The van der Waals surface area contributed by atoms with E-state index in [1.54, 1.807) is 0 Å². The Balaban J connectivity index is 1.72. The van der Waals surface area contributed by atoms with E-state index in [2.05, 4.69) is 97.8 Å². The number of hydrogen-bond acceptors (Lipinski definition) is 8. The Kier molecular flexibility index (Phi) is 9.17. The van der Waals surface area contributed by atoms with Crippen molar-refractivity contribution in [3.05, 3.63) is 103 Å². The SMILES string of the molecule is CSc1ccc(C(c2ccc(SC)s2)=c2ccc(=C(c3ccc(SC)s3)c3ccc(SC)s3)cc2)s1. The molecule has 0 spiro atoms. The molecule has 0 fully saturated rings. The lowest BCUT2D eigenvalue weighted by Crippen LogP contribution is -2.13. The van der Waals surface area contributed by atoms with Crippen molar-refractivity contribution in [3.63, 3.8) is 0 Å². The van der Waals surface area contributed by atoms with E-state index in [-0.39, 0.29) is 0 Å². The van der Waals surface area contributed by atoms with Gasteiger partial charge in [0, 0.05) is 30.7 Å². The lowest BCUT2D eigenvalue weighted by atomic mass is 10.1. The minimum absolute atomic E-state index is 1.27. The third kappa shape index (κ3) is 5.76. The maximum atomic E-state index is 2.31. The molecule has 0 saturated heterocycles. The molecule has 0 aliphatic rings. The van der Waals surface area contributed by atoms with Crippen molar-refractivity contribution in [1.82, 2.24) is 0 Å². The van der Waals surface area contributed by atoms with E-state index in [9.17, 15) is 0 Å². The van der Waals surface area contributed by atoms with Gasteiger partial charge >= 0.3 is 0 Å². The van der Waals surface area contributed by atoms with Crippen LogP contribution < -0.4 is 10.4 Å². The van der Waals surface area contributed by atoms with Crippen LogP contribution in [0.3, 0.4) is 0 Å². The Bertz CT molecular complexity index is 1360. The summed E-state index contributed by atoms with van der Waals surface area (Å²) in [7, 11) is 0. The van der Waals surface area contributed by atoms with Gasteiger partial charge in [-0.05, 0) is 84.0 Å². The van der Waals surface area contributed by atoms with Gasteiger partial charge in [-0.15, -0.1) is 92.4 Å². The van der Waals surface area contributed by atoms with E-state index in [0.29, 0.717) is 0 Å². The number of thioether (sulfide) groups is 4. The molecule has 0 nitrogen and oxygen atoms in total. The van der Waals surface area contributed by atoms with Gasteiger partial charge in [0.05, 0.1) is 16.8 Å². The summed E-state index contributed by atoms with van der Waals surface area (Å²) in [4.78, 5) is 5.32. The van der Waals surface area contributed by atoms with Gasteiger partial charge in [0.25, 0.3) is 0 Å². The minimum atomic E-state index is 1.27. The van der Waals surface area contributed by atoms with Crippen LogP contribution in [0.25, 0.3) is 11.1 Å². The summed E-state index contributed by atoms with van der Waals surface area (Å²) in [6, 6.07) is 27.3. The molecule has 0 N–H and O–H groups in total. The third-order valence-electron chi connectivity index (χ3n) is 5.58. The highest BCUT2D eigenvalue weighted by Gasteiger charge is 2.14. The van der Waals surface area contributed by atoms with Crippen LogP contribution in [-0.4, -0.2) is 25.0 Å². The van der Waals surface area contributed by atoms with Crippen molar-refractivity contribution in [2.24, 2.45) is 0 Å². The molecule has 4 aromatic heterocycles. The van der Waals surface area contributed by atoms with Crippen molar-refractivity contribution in [2.75, 3.05) is 25.0 Å². The molecular weight excluding hydrogens is 593 g/mol. The van der Waals surface area contributed by atoms with Crippen molar-refractivity contribution in [3.8, 4) is 0 Å². The van der Waals surface area contributed by atoms with Crippen LogP contribution in [0.4, 0.5) is 0 Å². The van der Waals surface area contributed by atoms with Crippen LogP contribution in [-0.2, 0) is 0 Å². The molecule has 0 unspecified atom stereocenters. The predicted octanol–water partition coefficient (Wildman–Crippen LogP) is 9.31. The van der Waals surface area contributed by atoms with Gasteiger partial charge in [-0.25, -0.2) is 0 Å². The van der Waals surface area contributed by atoms with E-state index in [1.807, 2.05) is 92.4 Å². The monoisotopic (exact) mass is 616 g/mol. The molecule has 36 heavy (non-hydrogen) atoms. The second kappa shape index (κ2) is 12.3. The molecule has 5 aromatic rings. The molecule has 0 saturated carbocycles. The second-order valence-corrected chi connectivity index (χ2v) is 16.4. The first-order valence-electron chi connectivity index (χ1n) is 11.0. The summed E-state index contributed by atoms with van der Waals surface area (Å²) in [5, 5.41) is 2.54. The zero-order valence-corrected chi connectivity index (χ0v) is 26.7. The van der Waals surface area contributed by atoms with Crippen LogP contribution in [0.2, 0.25) is 0 Å². The predicted molar refractivity (Wildman–Crippen MR) is 173 cm³/mol. The van der Waals surface area contributed by atoms with Gasteiger partial charge in [0.15, 0.2) is 0 Å². The standard InChI is InChI=1S/C28H24S8/c1-29-23-13-9-19(33-23)27(20-10-14-24(30-2)34-20)17-5-7-18(8-6-17)28(21-11-15-25(31-3)35-21)22-12-16-26(32-4)36-22/h5-16H,1-4H3. The Morgan fingerprint density at radius 1 is 0.389 bits per heavy atom. The first-order chi connectivity index (χ1) is 17.6. The van der Waals surface area contributed by atoms with Crippen molar-refractivity contribution in [1.29, 1.82) is 0 Å². The Labute approximate surface area is 246 Å². The number of rotatable bonds is 8. The van der Waals surface area contributed by atoms with E-state index in [4.69, 9.17) is 0 Å². The lowest BCUT2D eigenvalue weighted by molar-refractivity contribution is 1.50. The van der Waals surface area contributed by atoms with Crippen LogP contribution >= 0.6 is 92.4 Å². The molecule has 0 aliphatic carbocycles. The van der Waals surface area contributed by atoms with E-state index >= 15 is 0 Å². The van der Waals surface area contributed by atoms with E-state index < -0.39 is 0 Å². The molecule has 0 atom stereocenters. The molecular formula is C28H24S8. The van der Waals surface area contributed by atoms with Crippen LogP contribution in [0, 0.1) is 0 Å². The fourth-order valence-electron chi connectivity index (χ4n) is 3.87. The molecule has 5 rings (SSSR count). The Morgan fingerprint density at radius 3 is 0.833 bits per heavy atom. The first-order valence-corrected chi connectivity index (χ1v) is 19.2. The molecule has 1 aromatic carbocycles. The van der Waals surface area contributed by atoms with E-state index in [1.165, 1.54) is 57.9 Å². The first kappa shape index (κ1) is 26.8. The average molecular weight is 617 g/mol. The summed E-state index contributed by atoms with van der Waals surface area (Å²) in [5.41, 5.74) is 2.67. The molecule has 0 bridgehead atoms. The van der Waals surface area contributed by atoms with Gasteiger partial charge in [-0.3, -0.25) is 0 Å². The van der Waals surface area contributed by atoms with Gasteiger partial charge in [-0.2, -0.15) is 0 Å². The summed E-state index contributed by atoms with van der Waals surface area (Å²) >= 11 is 14.8. The highest BCUT2D eigenvalue weighted by Crippen LogP contribution is 2.38. The highest BCUT2D eigenvalue weighted by atomic mass is 32.2. The van der Waals surface area contributed by atoms with Gasteiger partial charge < -0.3 is 0 Å². The number of hydrogen-bond donors (Lipinski definition) is 0. The average Bonchev–Trinajstić information content (AvgIpc) is 3.73. The molecule has 4 heterocycles. The molecule has 8 heteroatoms. The van der Waals surface area contributed by atoms with Crippen LogP contribution in [0.5, 0.6) is 0 Å². The molecule has 0 aliphatic heterocycles. The van der Waals surface area contributed by atoms with E-state index in [0.717, 1.165) is 0 Å². The number of thiophene rings is 4. The largest absolute Gasteiger partial charge is 0.129 e. The fraction of sp³-hybridized carbons (Fsp3) is 0.143. The van der Waals surface area contributed by atoms with Crippen LogP contribution in [0.1, 0.15) is 19.5 Å². The van der Waals surface area contributed by atoms with Crippen LogP contribution in [0.15, 0.2) is 89.6 Å². The third-order valence-corrected chi connectivity index (χ3v) is 14.3. The highest BCUT2D eigenvalue weighted by molar-refractivity contribution is 8.01. The number of benzene rings is 1. The van der Waals surface area contributed by atoms with Gasteiger partial charge in [-0.1, -0.05) is 24.3 Å². The van der Waals surface area contributed by atoms with Gasteiger partial charge in [0.1, 0.15) is 0 Å². The molecule has 0 radical (unpaired) electrons.